The van der Waals surface area contributed by atoms with Crippen molar-refractivity contribution in [3.8, 4) is 11.4 Å². The van der Waals surface area contributed by atoms with Gasteiger partial charge in [-0.15, -0.1) is 0 Å². The highest BCUT2D eigenvalue weighted by Crippen LogP contribution is 2.30. The van der Waals surface area contributed by atoms with Gasteiger partial charge in [-0.25, -0.2) is 0 Å². The molecule has 1 aliphatic rings. The molecule has 118 valence electrons. The zero-order valence-electron chi connectivity index (χ0n) is 11.7. The first kappa shape index (κ1) is 15.0. The summed E-state index contributed by atoms with van der Waals surface area (Å²) in [6.07, 6.45) is -4.34. The molecule has 1 N–H and O–H groups in total. The third kappa shape index (κ3) is 3.45. The second-order valence-electron chi connectivity index (χ2n) is 5.11. The number of piperazine rings is 1. The molecule has 0 spiro atoms. The minimum atomic E-state index is -4.34. The largest absolute Gasteiger partial charge is 0.416 e. The van der Waals surface area contributed by atoms with E-state index >= 15 is 0 Å². The number of hydrogen-bond donors (Lipinski definition) is 1. The molecule has 1 fully saturated rings. The fraction of sp³-hybridized carbons (Fsp3) is 0.429. The van der Waals surface area contributed by atoms with Crippen LogP contribution in [0.1, 0.15) is 11.5 Å². The lowest BCUT2D eigenvalue weighted by molar-refractivity contribution is -0.137. The molecule has 0 bridgehead atoms. The van der Waals surface area contributed by atoms with E-state index in [9.17, 15) is 13.2 Å². The highest BCUT2D eigenvalue weighted by Gasteiger charge is 2.30. The lowest BCUT2D eigenvalue weighted by Gasteiger charge is -2.25. The number of benzene rings is 1. The highest BCUT2D eigenvalue weighted by atomic mass is 19.4. The van der Waals surface area contributed by atoms with E-state index in [0.29, 0.717) is 23.8 Å². The van der Waals surface area contributed by atoms with Crippen LogP contribution < -0.4 is 5.32 Å². The summed E-state index contributed by atoms with van der Waals surface area (Å²) in [5, 5.41) is 7.08. The Morgan fingerprint density at radius 2 is 1.82 bits per heavy atom. The van der Waals surface area contributed by atoms with Crippen LogP contribution in [0.25, 0.3) is 11.4 Å². The topological polar surface area (TPSA) is 54.2 Å². The molecule has 0 amide bonds. The Hall–Kier alpha value is -1.93. The smallest absolute Gasteiger partial charge is 0.338 e. The first-order chi connectivity index (χ1) is 10.5. The molecule has 2 heterocycles. The number of rotatable bonds is 3. The zero-order valence-corrected chi connectivity index (χ0v) is 11.7. The molecule has 1 aromatic heterocycles. The van der Waals surface area contributed by atoms with Crippen LogP contribution in [0.3, 0.4) is 0 Å². The number of alkyl halides is 3. The van der Waals surface area contributed by atoms with Crippen LogP contribution in [-0.2, 0) is 12.7 Å². The molecule has 1 saturated heterocycles. The normalized spacial score (nSPS) is 16.9. The quantitative estimate of drug-likeness (QED) is 0.941. The summed E-state index contributed by atoms with van der Waals surface area (Å²) in [4.78, 5) is 6.43. The van der Waals surface area contributed by atoms with Gasteiger partial charge >= 0.3 is 6.18 Å². The van der Waals surface area contributed by atoms with Crippen molar-refractivity contribution < 1.29 is 17.7 Å². The van der Waals surface area contributed by atoms with E-state index in [2.05, 4.69) is 20.4 Å². The summed E-state index contributed by atoms with van der Waals surface area (Å²) in [5.41, 5.74) is -0.191. The minimum absolute atomic E-state index is 0.304. The van der Waals surface area contributed by atoms with Gasteiger partial charge in [-0.1, -0.05) is 17.3 Å². The van der Waals surface area contributed by atoms with Crippen LogP contribution in [0.15, 0.2) is 28.8 Å². The van der Waals surface area contributed by atoms with Crippen molar-refractivity contribution in [1.82, 2.24) is 20.4 Å². The van der Waals surface area contributed by atoms with Gasteiger partial charge in [0.1, 0.15) is 0 Å². The van der Waals surface area contributed by atoms with E-state index in [1.54, 1.807) is 0 Å². The molecule has 0 radical (unpaired) electrons. The summed E-state index contributed by atoms with van der Waals surface area (Å²) in [6.45, 7) is 4.19. The first-order valence-corrected chi connectivity index (χ1v) is 6.96. The molecular weight excluding hydrogens is 297 g/mol. The Morgan fingerprint density at radius 3 is 2.45 bits per heavy atom. The number of nitrogens with one attached hydrogen (secondary N) is 1. The summed E-state index contributed by atoms with van der Waals surface area (Å²) in [7, 11) is 0. The van der Waals surface area contributed by atoms with E-state index in [-0.39, 0.29) is 0 Å². The maximum absolute atomic E-state index is 12.5. The molecule has 2 aromatic rings. The average Bonchev–Trinajstić information content (AvgIpc) is 2.96. The second kappa shape index (κ2) is 6.05. The first-order valence-electron chi connectivity index (χ1n) is 6.96. The van der Waals surface area contributed by atoms with Gasteiger partial charge in [0, 0.05) is 31.7 Å². The predicted octanol–water partition coefficient (Wildman–Crippen LogP) is 2.16. The van der Waals surface area contributed by atoms with Gasteiger partial charge in [0.15, 0.2) is 0 Å². The molecular formula is C14H15F3N4O. The molecule has 0 unspecified atom stereocenters. The minimum Gasteiger partial charge on any atom is -0.338 e. The Balaban J connectivity index is 1.70. The molecule has 8 heteroatoms. The van der Waals surface area contributed by atoms with Gasteiger partial charge in [0.25, 0.3) is 0 Å². The third-order valence-corrected chi connectivity index (χ3v) is 3.51. The SMILES string of the molecule is FC(F)(F)c1ccc(-c2noc(CN3CCNCC3)n2)cc1. The molecule has 1 aromatic carbocycles. The standard InChI is InChI=1S/C14H15F3N4O/c15-14(16,17)11-3-1-10(2-4-11)13-19-12(22-20-13)9-21-7-5-18-6-8-21/h1-4,18H,5-9H2. The van der Waals surface area contributed by atoms with Gasteiger partial charge in [-0.3, -0.25) is 4.90 Å². The molecule has 0 atom stereocenters. The lowest BCUT2D eigenvalue weighted by Crippen LogP contribution is -2.42. The van der Waals surface area contributed by atoms with E-state index in [4.69, 9.17) is 4.52 Å². The van der Waals surface area contributed by atoms with Crippen molar-refractivity contribution in [2.45, 2.75) is 12.7 Å². The van der Waals surface area contributed by atoms with Crippen molar-refractivity contribution in [2.75, 3.05) is 26.2 Å². The number of halogens is 3. The summed E-state index contributed by atoms with van der Waals surface area (Å²) < 4.78 is 42.8. The van der Waals surface area contributed by atoms with Crippen LogP contribution in [0.5, 0.6) is 0 Å². The van der Waals surface area contributed by atoms with Gasteiger partial charge < -0.3 is 9.84 Å². The van der Waals surface area contributed by atoms with Gasteiger partial charge in [-0.05, 0) is 12.1 Å². The Morgan fingerprint density at radius 1 is 1.14 bits per heavy atom. The van der Waals surface area contributed by atoms with E-state index in [0.717, 1.165) is 38.3 Å². The van der Waals surface area contributed by atoms with Crippen LogP contribution in [0, 0.1) is 0 Å². The van der Waals surface area contributed by atoms with E-state index in [1.165, 1.54) is 12.1 Å². The van der Waals surface area contributed by atoms with Crippen LogP contribution >= 0.6 is 0 Å². The van der Waals surface area contributed by atoms with Crippen molar-refractivity contribution in [1.29, 1.82) is 0 Å². The van der Waals surface area contributed by atoms with Crippen LogP contribution in [-0.4, -0.2) is 41.2 Å². The van der Waals surface area contributed by atoms with E-state index < -0.39 is 11.7 Å². The molecule has 0 saturated carbocycles. The fourth-order valence-corrected chi connectivity index (χ4v) is 2.31. The van der Waals surface area contributed by atoms with Gasteiger partial charge in [-0.2, -0.15) is 18.2 Å². The summed E-state index contributed by atoms with van der Waals surface area (Å²) in [6, 6.07) is 4.73. The van der Waals surface area contributed by atoms with Crippen LogP contribution in [0.4, 0.5) is 13.2 Å². The zero-order chi connectivity index (χ0) is 15.6. The maximum Gasteiger partial charge on any atom is 0.416 e. The number of hydrogen-bond acceptors (Lipinski definition) is 5. The molecule has 1 aliphatic heterocycles. The maximum atomic E-state index is 12.5. The van der Waals surface area contributed by atoms with Crippen LogP contribution in [0.2, 0.25) is 0 Å². The van der Waals surface area contributed by atoms with Crippen molar-refractivity contribution in [2.24, 2.45) is 0 Å². The van der Waals surface area contributed by atoms with Crippen molar-refractivity contribution in [3.05, 3.63) is 35.7 Å². The molecule has 0 aliphatic carbocycles. The predicted molar refractivity (Wildman–Crippen MR) is 72.9 cm³/mol. The Bertz CT molecular complexity index is 618. The monoisotopic (exact) mass is 312 g/mol. The van der Waals surface area contributed by atoms with Gasteiger partial charge in [0.05, 0.1) is 12.1 Å². The molecule has 5 nitrogen and oxygen atoms in total. The number of nitrogens with zero attached hydrogens (tertiary/aromatic N) is 3. The summed E-state index contributed by atoms with van der Waals surface area (Å²) in [5.74, 6) is 0.774. The Kier molecular flexibility index (Phi) is 4.12. The third-order valence-electron chi connectivity index (χ3n) is 3.51. The fourth-order valence-electron chi connectivity index (χ4n) is 2.31. The van der Waals surface area contributed by atoms with E-state index in [1.807, 2.05) is 0 Å². The second-order valence-corrected chi connectivity index (χ2v) is 5.11. The number of aromatic nitrogens is 2. The van der Waals surface area contributed by atoms with Crippen molar-refractivity contribution >= 4 is 0 Å². The van der Waals surface area contributed by atoms with Crippen molar-refractivity contribution in [3.63, 3.8) is 0 Å². The molecule has 22 heavy (non-hydrogen) atoms. The Labute approximate surface area is 125 Å². The summed E-state index contributed by atoms with van der Waals surface area (Å²) >= 11 is 0. The average molecular weight is 312 g/mol. The molecule has 3 rings (SSSR count). The lowest BCUT2D eigenvalue weighted by atomic mass is 10.1. The van der Waals surface area contributed by atoms with Gasteiger partial charge in [0.2, 0.25) is 11.7 Å². The highest BCUT2D eigenvalue weighted by molar-refractivity contribution is 5.54.